The molecular weight excluding hydrogens is 312 g/mol. The highest BCUT2D eigenvalue weighted by Gasteiger charge is 2.53. The Morgan fingerprint density at radius 3 is 2.72 bits per heavy atom. The van der Waals surface area contributed by atoms with E-state index >= 15 is 0 Å². The van der Waals surface area contributed by atoms with Gasteiger partial charge in [0.05, 0.1) is 7.11 Å². The smallest absolute Gasteiger partial charge is 0.122 e. The molecule has 2 atom stereocenters. The quantitative estimate of drug-likeness (QED) is 0.730. The van der Waals surface area contributed by atoms with Crippen LogP contribution in [-0.4, -0.2) is 13.0 Å². The Morgan fingerprint density at radius 2 is 2.11 bits per heavy atom. The molecule has 0 saturated heterocycles. The molecule has 0 heterocycles. The molecule has 1 nitrogen and oxygen atoms in total. The SMILES string of the molecule is COc1ccc(Br)cc1CC1(CCl)CC2CC2C1. The van der Waals surface area contributed by atoms with Gasteiger partial charge < -0.3 is 4.74 Å². The first-order valence-electron chi connectivity index (χ1n) is 6.54. The minimum atomic E-state index is 0.309. The molecule has 18 heavy (non-hydrogen) atoms. The van der Waals surface area contributed by atoms with E-state index in [1.54, 1.807) is 7.11 Å². The summed E-state index contributed by atoms with van der Waals surface area (Å²) in [6, 6.07) is 6.25. The van der Waals surface area contributed by atoms with Gasteiger partial charge >= 0.3 is 0 Å². The summed E-state index contributed by atoms with van der Waals surface area (Å²) < 4.78 is 6.59. The highest BCUT2D eigenvalue weighted by molar-refractivity contribution is 9.10. The molecule has 1 aromatic rings. The minimum absolute atomic E-state index is 0.309. The van der Waals surface area contributed by atoms with Gasteiger partial charge in [0.2, 0.25) is 0 Å². The molecule has 0 N–H and O–H groups in total. The number of hydrogen-bond acceptors (Lipinski definition) is 1. The van der Waals surface area contributed by atoms with Crippen molar-refractivity contribution in [3.8, 4) is 5.75 Å². The Labute approximate surface area is 122 Å². The highest BCUT2D eigenvalue weighted by atomic mass is 79.9. The van der Waals surface area contributed by atoms with Crippen molar-refractivity contribution in [2.45, 2.75) is 25.7 Å². The number of ether oxygens (including phenoxy) is 1. The molecule has 0 aliphatic heterocycles. The van der Waals surface area contributed by atoms with E-state index in [0.29, 0.717) is 5.41 Å². The standard InChI is InChI=1S/C15H18BrClO/c1-18-14-3-2-13(16)5-12(14)8-15(9-17)6-10-4-11(10)7-15/h2-3,5,10-11H,4,6-9H2,1H3. The summed E-state index contributed by atoms with van der Waals surface area (Å²) in [7, 11) is 1.74. The van der Waals surface area contributed by atoms with Crippen molar-refractivity contribution in [1.82, 2.24) is 0 Å². The van der Waals surface area contributed by atoms with Crippen LogP contribution in [0, 0.1) is 17.3 Å². The molecule has 0 bridgehead atoms. The lowest BCUT2D eigenvalue weighted by Gasteiger charge is -2.29. The van der Waals surface area contributed by atoms with Gasteiger partial charge in [-0.25, -0.2) is 0 Å². The lowest BCUT2D eigenvalue weighted by Crippen LogP contribution is -2.24. The fourth-order valence-electron chi connectivity index (χ4n) is 3.60. The molecule has 0 spiro atoms. The minimum Gasteiger partial charge on any atom is -0.496 e. The number of alkyl halides is 1. The lowest BCUT2D eigenvalue weighted by atomic mass is 9.79. The Balaban J connectivity index is 1.84. The zero-order chi connectivity index (χ0) is 12.8. The Hall–Kier alpha value is -0.210. The van der Waals surface area contributed by atoms with Crippen LogP contribution in [0.4, 0.5) is 0 Å². The Bertz CT molecular complexity index is 450. The van der Waals surface area contributed by atoms with Crippen molar-refractivity contribution >= 4 is 27.5 Å². The topological polar surface area (TPSA) is 9.23 Å². The largest absolute Gasteiger partial charge is 0.496 e. The fourth-order valence-corrected chi connectivity index (χ4v) is 4.32. The maximum absolute atomic E-state index is 6.28. The predicted molar refractivity (Wildman–Crippen MR) is 78.4 cm³/mol. The van der Waals surface area contributed by atoms with Crippen molar-refractivity contribution in [3.63, 3.8) is 0 Å². The highest BCUT2D eigenvalue weighted by Crippen LogP contribution is 2.61. The summed E-state index contributed by atoms with van der Waals surface area (Å²) in [5.41, 5.74) is 1.59. The fraction of sp³-hybridized carbons (Fsp3) is 0.600. The van der Waals surface area contributed by atoms with Gasteiger partial charge in [-0.1, -0.05) is 15.9 Å². The van der Waals surface area contributed by atoms with Crippen LogP contribution in [0.5, 0.6) is 5.75 Å². The second kappa shape index (κ2) is 4.72. The van der Waals surface area contributed by atoms with Crippen LogP contribution in [0.2, 0.25) is 0 Å². The third kappa shape index (κ3) is 2.30. The summed E-state index contributed by atoms with van der Waals surface area (Å²) in [4.78, 5) is 0. The van der Waals surface area contributed by atoms with E-state index in [0.717, 1.165) is 34.4 Å². The summed E-state index contributed by atoms with van der Waals surface area (Å²) in [5, 5.41) is 0. The molecule has 2 fully saturated rings. The second-order valence-corrected chi connectivity index (χ2v) is 7.11. The molecular formula is C15H18BrClO. The average molecular weight is 330 g/mol. The number of fused-ring (bicyclic) bond motifs is 1. The van der Waals surface area contributed by atoms with Gasteiger partial charge in [-0.05, 0) is 66.7 Å². The maximum atomic E-state index is 6.28. The molecule has 0 radical (unpaired) electrons. The van der Waals surface area contributed by atoms with E-state index in [2.05, 4.69) is 22.0 Å². The third-order valence-electron chi connectivity index (χ3n) is 4.55. The average Bonchev–Trinajstić information content (AvgIpc) is 2.98. The van der Waals surface area contributed by atoms with Crippen LogP contribution in [0.1, 0.15) is 24.8 Å². The molecule has 0 amide bonds. The molecule has 2 aliphatic carbocycles. The van der Waals surface area contributed by atoms with E-state index in [4.69, 9.17) is 16.3 Å². The van der Waals surface area contributed by atoms with E-state index in [-0.39, 0.29) is 0 Å². The predicted octanol–water partition coefficient (Wildman–Crippen LogP) is 4.66. The number of hydrogen-bond donors (Lipinski definition) is 0. The van der Waals surface area contributed by atoms with Crippen LogP contribution in [-0.2, 0) is 6.42 Å². The van der Waals surface area contributed by atoms with Crippen molar-refractivity contribution in [1.29, 1.82) is 0 Å². The zero-order valence-corrected chi connectivity index (χ0v) is 12.9. The van der Waals surface area contributed by atoms with Crippen molar-refractivity contribution in [2.75, 3.05) is 13.0 Å². The van der Waals surface area contributed by atoms with Gasteiger partial charge in [-0.3, -0.25) is 0 Å². The van der Waals surface area contributed by atoms with Crippen molar-refractivity contribution < 1.29 is 4.74 Å². The number of rotatable bonds is 4. The van der Waals surface area contributed by atoms with E-state index in [9.17, 15) is 0 Å². The summed E-state index contributed by atoms with van der Waals surface area (Å²) >= 11 is 9.83. The van der Waals surface area contributed by atoms with Crippen LogP contribution >= 0.6 is 27.5 Å². The first-order chi connectivity index (χ1) is 8.65. The molecule has 2 unspecified atom stereocenters. The van der Waals surface area contributed by atoms with Crippen LogP contribution in [0.3, 0.4) is 0 Å². The van der Waals surface area contributed by atoms with Crippen molar-refractivity contribution in [2.24, 2.45) is 17.3 Å². The van der Waals surface area contributed by atoms with Gasteiger partial charge in [0.25, 0.3) is 0 Å². The summed E-state index contributed by atoms with van der Waals surface area (Å²) in [5.74, 6) is 3.68. The number of benzene rings is 1. The van der Waals surface area contributed by atoms with Gasteiger partial charge in [0.15, 0.2) is 0 Å². The molecule has 3 heteroatoms. The monoisotopic (exact) mass is 328 g/mol. The Morgan fingerprint density at radius 1 is 1.39 bits per heavy atom. The number of halogens is 2. The van der Waals surface area contributed by atoms with Gasteiger partial charge in [0.1, 0.15) is 5.75 Å². The lowest BCUT2D eigenvalue weighted by molar-refractivity contribution is 0.297. The first kappa shape index (κ1) is 12.8. The first-order valence-corrected chi connectivity index (χ1v) is 7.87. The van der Waals surface area contributed by atoms with Gasteiger partial charge in [-0.2, -0.15) is 0 Å². The number of methoxy groups -OCH3 is 1. The normalized spacial score (nSPS) is 33.3. The van der Waals surface area contributed by atoms with Crippen LogP contribution in [0.25, 0.3) is 0 Å². The van der Waals surface area contributed by atoms with E-state index in [1.165, 1.54) is 24.8 Å². The molecule has 98 valence electrons. The van der Waals surface area contributed by atoms with Crippen molar-refractivity contribution in [3.05, 3.63) is 28.2 Å². The van der Waals surface area contributed by atoms with Gasteiger partial charge in [0, 0.05) is 10.4 Å². The van der Waals surface area contributed by atoms with Crippen LogP contribution in [0.15, 0.2) is 22.7 Å². The third-order valence-corrected chi connectivity index (χ3v) is 5.61. The zero-order valence-electron chi connectivity index (χ0n) is 10.6. The van der Waals surface area contributed by atoms with E-state index < -0.39 is 0 Å². The molecule has 1 aromatic carbocycles. The maximum Gasteiger partial charge on any atom is 0.122 e. The van der Waals surface area contributed by atoms with Gasteiger partial charge in [-0.15, -0.1) is 11.6 Å². The van der Waals surface area contributed by atoms with Crippen LogP contribution < -0.4 is 4.74 Å². The molecule has 2 aliphatic rings. The Kier molecular flexibility index (Phi) is 3.36. The molecule has 0 aromatic heterocycles. The molecule has 2 saturated carbocycles. The summed E-state index contributed by atoms with van der Waals surface area (Å²) in [6.45, 7) is 0. The van der Waals surface area contributed by atoms with E-state index in [1.807, 2.05) is 12.1 Å². The summed E-state index contributed by atoms with van der Waals surface area (Å²) in [6.07, 6.45) is 5.09. The second-order valence-electron chi connectivity index (χ2n) is 5.93. The molecule has 3 rings (SSSR count).